The van der Waals surface area contributed by atoms with Crippen LogP contribution in [-0.2, 0) is 14.1 Å². The normalized spacial score (nSPS) is 12.3. The number of Topliss-reactive ketones (excluding diaryl/α,β-unsaturated/α-hetero) is 1. The molecule has 10 nitrogen and oxygen atoms in total. The quantitative estimate of drug-likeness (QED) is 0.364. The van der Waals surface area contributed by atoms with Crippen molar-refractivity contribution in [1.82, 2.24) is 23.9 Å². The number of thioether (sulfide) groups is 1. The van der Waals surface area contributed by atoms with Crippen molar-refractivity contribution in [3.8, 4) is 5.69 Å². The Kier molecular flexibility index (Phi) is 6.91. The second-order valence-corrected chi connectivity index (χ2v) is 9.01. The van der Waals surface area contributed by atoms with E-state index in [0.29, 0.717) is 10.2 Å². The number of hydrogen-bond acceptors (Lipinski definition) is 7. The lowest BCUT2D eigenvalue weighted by atomic mass is 10.2. The summed E-state index contributed by atoms with van der Waals surface area (Å²) in [6, 6.07) is 7.25. The number of nitrogens with two attached hydrogens (primary N) is 1. The molecule has 0 radical (unpaired) electrons. The minimum atomic E-state index is -0.721. The van der Waals surface area contributed by atoms with Gasteiger partial charge in [0.2, 0.25) is 0 Å². The Hall–Kier alpha value is -2.89. The van der Waals surface area contributed by atoms with Crippen LogP contribution in [0.2, 0.25) is 5.02 Å². The highest BCUT2D eigenvalue weighted by Gasteiger charge is 2.25. The Balaban J connectivity index is 1.99. The lowest BCUT2D eigenvalue weighted by molar-refractivity contribution is -0.890. The zero-order chi connectivity index (χ0) is 23.7. The third kappa shape index (κ3) is 4.36. The third-order valence-corrected chi connectivity index (χ3v) is 6.50. The zero-order valence-corrected chi connectivity index (χ0v) is 20.0. The van der Waals surface area contributed by atoms with Gasteiger partial charge in [0.05, 0.1) is 19.8 Å². The second kappa shape index (κ2) is 9.31. The maximum Gasteiger partial charge on any atom is 0.332 e. The molecule has 0 aliphatic heterocycles. The first-order chi connectivity index (χ1) is 15.0. The van der Waals surface area contributed by atoms with Crippen LogP contribution in [0.4, 0.5) is 5.82 Å². The first-order valence-electron chi connectivity index (χ1n) is 9.77. The molecule has 2 heterocycles. The van der Waals surface area contributed by atoms with Gasteiger partial charge in [-0.25, -0.2) is 4.79 Å². The third-order valence-electron chi connectivity index (χ3n) is 5.32. The van der Waals surface area contributed by atoms with Gasteiger partial charge in [0.15, 0.2) is 16.8 Å². The molecular weight excluding hydrogens is 454 g/mol. The summed E-state index contributed by atoms with van der Waals surface area (Å²) in [6.07, 6.45) is 0. The van der Waals surface area contributed by atoms with Crippen molar-refractivity contribution in [2.45, 2.75) is 18.1 Å². The second-order valence-electron chi connectivity index (χ2n) is 7.63. The van der Waals surface area contributed by atoms with E-state index in [1.165, 1.54) is 14.1 Å². The summed E-state index contributed by atoms with van der Waals surface area (Å²) in [7, 11) is 6.75. The van der Waals surface area contributed by atoms with Crippen LogP contribution in [0.3, 0.4) is 0 Å². The van der Waals surface area contributed by atoms with Crippen LogP contribution in [0.25, 0.3) is 5.69 Å². The Morgan fingerprint density at radius 2 is 1.78 bits per heavy atom. The number of rotatable bonds is 7. The first kappa shape index (κ1) is 23.8. The van der Waals surface area contributed by atoms with E-state index in [2.05, 4.69) is 10.2 Å². The average Bonchev–Trinajstić information content (AvgIpc) is 3.18. The highest BCUT2D eigenvalue weighted by molar-refractivity contribution is 7.99. The molecule has 0 bridgehead atoms. The molecule has 0 spiro atoms. The van der Waals surface area contributed by atoms with Crippen molar-refractivity contribution in [3.05, 3.63) is 61.5 Å². The van der Waals surface area contributed by atoms with Crippen LogP contribution >= 0.6 is 23.4 Å². The van der Waals surface area contributed by atoms with Crippen molar-refractivity contribution in [2.24, 2.45) is 14.1 Å². The Labute approximate surface area is 193 Å². The highest BCUT2D eigenvalue weighted by atomic mass is 35.5. The van der Waals surface area contributed by atoms with E-state index in [0.717, 1.165) is 37.3 Å². The van der Waals surface area contributed by atoms with Crippen LogP contribution in [0.1, 0.15) is 29.1 Å². The summed E-state index contributed by atoms with van der Waals surface area (Å²) >= 11 is 7.18. The van der Waals surface area contributed by atoms with Gasteiger partial charge in [0, 0.05) is 24.8 Å². The van der Waals surface area contributed by atoms with Crippen LogP contribution in [-0.4, -0.2) is 49.5 Å². The number of aromatic nitrogens is 5. The van der Waals surface area contributed by atoms with Crippen LogP contribution < -0.4 is 21.9 Å². The Morgan fingerprint density at radius 3 is 2.38 bits per heavy atom. The molecule has 0 aliphatic carbocycles. The standard InChI is InChI=1S/C20H24ClN7O3S/c1-11(25(2)3)17-23-24-19(28(17)13-8-6-12(21)7-9-13)32-10-14(29)15-16(22)26(4)20(31)27(5)18(15)30/h6-9,11H,10,22H2,1-5H3/p+1/t11-/m0/s1. The summed E-state index contributed by atoms with van der Waals surface area (Å²) in [5, 5.41) is 9.73. The number of halogens is 1. The van der Waals surface area contributed by atoms with Gasteiger partial charge in [0.1, 0.15) is 17.4 Å². The number of ketones is 1. The van der Waals surface area contributed by atoms with Crippen molar-refractivity contribution < 1.29 is 9.69 Å². The van der Waals surface area contributed by atoms with Gasteiger partial charge >= 0.3 is 5.69 Å². The number of hydrogen-bond donors (Lipinski definition) is 2. The molecule has 2 aromatic heterocycles. The van der Waals surface area contributed by atoms with E-state index >= 15 is 0 Å². The van der Waals surface area contributed by atoms with E-state index in [4.69, 9.17) is 17.3 Å². The fourth-order valence-corrected chi connectivity index (χ4v) is 4.03. The number of benzene rings is 1. The van der Waals surface area contributed by atoms with Crippen molar-refractivity contribution in [3.63, 3.8) is 0 Å². The van der Waals surface area contributed by atoms with Gasteiger partial charge in [-0.1, -0.05) is 23.4 Å². The number of anilines is 1. The van der Waals surface area contributed by atoms with E-state index in [1.54, 1.807) is 12.1 Å². The molecule has 3 aromatic rings. The molecule has 0 saturated carbocycles. The average molecular weight is 479 g/mol. The first-order valence-corrected chi connectivity index (χ1v) is 11.1. The molecule has 12 heteroatoms. The van der Waals surface area contributed by atoms with Crippen molar-refractivity contribution >= 4 is 35.0 Å². The molecule has 0 saturated heterocycles. The topological polar surface area (TPSA) is 122 Å². The molecule has 1 aromatic carbocycles. The molecule has 32 heavy (non-hydrogen) atoms. The number of carbonyl (C=O) groups excluding carboxylic acids is 1. The molecule has 0 aliphatic rings. The number of nitrogens with one attached hydrogen (secondary N) is 1. The van der Waals surface area contributed by atoms with E-state index in [-0.39, 0.29) is 23.2 Å². The molecular formula is C20H25ClN7O3S+. The fraction of sp³-hybridized carbons (Fsp3) is 0.350. The maximum absolute atomic E-state index is 12.9. The number of carbonyl (C=O) groups is 1. The molecule has 1 atom stereocenters. The van der Waals surface area contributed by atoms with E-state index < -0.39 is 17.0 Å². The lowest BCUT2D eigenvalue weighted by Gasteiger charge is -2.18. The van der Waals surface area contributed by atoms with Gasteiger partial charge in [-0.3, -0.25) is 23.3 Å². The predicted molar refractivity (Wildman–Crippen MR) is 124 cm³/mol. The molecule has 0 fully saturated rings. The summed E-state index contributed by atoms with van der Waals surface area (Å²) in [6.45, 7) is 2.03. The van der Waals surface area contributed by atoms with Gasteiger partial charge in [-0.2, -0.15) is 0 Å². The molecule has 3 N–H and O–H groups in total. The lowest BCUT2D eigenvalue weighted by Crippen LogP contribution is -3.05. The van der Waals surface area contributed by atoms with Crippen molar-refractivity contribution in [2.75, 3.05) is 25.6 Å². The highest BCUT2D eigenvalue weighted by Crippen LogP contribution is 2.26. The van der Waals surface area contributed by atoms with Gasteiger partial charge in [-0.15, -0.1) is 10.2 Å². The Morgan fingerprint density at radius 1 is 1.16 bits per heavy atom. The van der Waals surface area contributed by atoms with Crippen LogP contribution in [0, 0.1) is 0 Å². The monoisotopic (exact) mass is 478 g/mol. The van der Waals surface area contributed by atoms with Gasteiger partial charge < -0.3 is 10.6 Å². The summed E-state index contributed by atoms with van der Waals surface area (Å²) < 4.78 is 3.81. The molecule has 3 rings (SSSR count). The maximum atomic E-state index is 12.9. The van der Waals surface area contributed by atoms with E-state index in [1.807, 2.05) is 37.7 Å². The molecule has 0 unspecified atom stereocenters. The minimum absolute atomic E-state index is 0.0230. The Bertz CT molecular complexity index is 1280. The summed E-state index contributed by atoms with van der Waals surface area (Å²) in [5.74, 6) is -0.0394. The summed E-state index contributed by atoms with van der Waals surface area (Å²) in [4.78, 5) is 38.6. The minimum Gasteiger partial charge on any atom is -0.384 e. The molecule has 170 valence electrons. The number of nitrogens with zero attached hydrogens (tertiary/aromatic N) is 5. The fourth-order valence-electron chi connectivity index (χ4n) is 3.07. The number of nitrogen functional groups attached to an aromatic ring is 1. The van der Waals surface area contributed by atoms with E-state index in [9.17, 15) is 14.4 Å². The largest absolute Gasteiger partial charge is 0.384 e. The van der Waals surface area contributed by atoms with Crippen molar-refractivity contribution in [1.29, 1.82) is 0 Å². The van der Waals surface area contributed by atoms with Crippen LogP contribution in [0.5, 0.6) is 0 Å². The SMILES string of the molecule is C[C@@H](c1nnc(SCC(=O)c2c(N)n(C)c(=O)n(C)c2=O)n1-c1ccc(Cl)cc1)[NH+](C)C. The predicted octanol–water partition coefficient (Wildman–Crippen LogP) is 0.0808. The van der Waals surface area contributed by atoms with Gasteiger partial charge in [-0.05, 0) is 31.2 Å². The number of quaternary nitrogens is 1. The van der Waals surface area contributed by atoms with Gasteiger partial charge in [0.25, 0.3) is 5.56 Å². The summed E-state index contributed by atoms with van der Waals surface area (Å²) in [5.41, 5.74) is 5.18. The van der Waals surface area contributed by atoms with Crippen LogP contribution in [0.15, 0.2) is 39.0 Å². The smallest absolute Gasteiger partial charge is 0.332 e. The zero-order valence-electron chi connectivity index (χ0n) is 18.4. The molecule has 0 amide bonds.